The van der Waals surface area contributed by atoms with Crippen LogP contribution >= 0.6 is 11.8 Å². The second kappa shape index (κ2) is 9.56. The number of amides is 3. The summed E-state index contributed by atoms with van der Waals surface area (Å²) < 4.78 is 13.8. The first-order chi connectivity index (χ1) is 13.9. The molecule has 0 saturated carbocycles. The Morgan fingerprint density at radius 2 is 1.79 bits per heavy atom. The van der Waals surface area contributed by atoms with Crippen LogP contribution < -0.4 is 10.6 Å². The van der Waals surface area contributed by atoms with E-state index in [0.29, 0.717) is 16.1 Å². The highest BCUT2D eigenvalue weighted by Crippen LogP contribution is 2.26. The zero-order valence-electron chi connectivity index (χ0n) is 16.0. The van der Waals surface area contributed by atoms with Gasteiger partial charge in [-0.15, -0.1) is 11.8 Å². The summed E-state index contributed by atoms with van der Waals surface area (Å²) in [6, 6.07) is 11.0. The first kappa shape index (κ1) is 20.9. The first-order valence-corrected chi connectivity index (χ1v) is 10.3. The fraction of sp³-hybridized carbons (Fsp3) is 0.286. The third-order valence-corrected chi connectivity index (χ3v) is 5.53. The predicted octanol–water partition coefficient (Wildman–Crippen LogP) is 3.75. The fourth-order valence-electron chi connectivity index (χ4n) is 3.06. The van der Waals surface area contributed by atoms with Crippen LogP contribution in [-0.2, 0) is 9.59 Å². The number of halogens is 1. The molecule has 6 nitrogen and oxygen atoms in total. The van der Waals surface area contributed by atoms with Crippen LogP contribution in [0.3, 0.4) is 0 Å². The van der Waals surface area contributed by atoms with E-state index in [1.807, 2.05) is 11.0 Å². The van der Waals surface area contributed by atoms with Crippen LogP contribution in [0.4, 0.5) is 15.8 Å². The van der Waals surface area contributed by atoms with Crippen LogP contribution in [0, 0.1) is 5.82 Å². The van der Waals surface area contributed by atoms with Gasteiger partial charge in [0.05, 0.1) is 17.0 Å². The zero-order valence-corrected chi connectivity index (χ0v) is 16.9. The lowest BCUT2D eigenvalue weighted by Crippen LogP contribution is -2.29. The molecule has 0 aromatic heterocycles. The summed E-state index contributed by atoms with van der Waals surface area (Å²) in [4.78, 5) is 38.8. The Morgan fingerprint density at radius 3 is 2.52 bits per heavy atom. The summed E-state index contributed by atoms with van der Waals surface area (Å²) in [5, 5.41) is 5.10. The maximum Gasteiger partial charge on any atom is 0.256 e. The molecule has 29 heavy (non-hydrogen) atoms. The number of hydrogen-bond acceptors (Lipinski definition) is 4. The molecule has 8 heteroatoms. The Labute approximate surface area is 172 Å². The average Bonchev–Trinajstić information content (AvgIpc) is 3.23. The summed E-state index contributed by atoms with van der Waals surface area (Å²) >= 11 is 1.33. The normalized spacial score (nSPS) is 13.2. The number of carbonyl (C=O) groups is 3. The van der Waals surface area contributed by atoms with Crippen LogP contribution in [0.1, 0.15) is 30.1 Å². The largest absolute Gasteiger partial charge is 0.342 e. The molecule has 0 unspecified atom stereocenters. The molecule has 0 aliphatic carbocycles. The van der Waals surface area contributed by atoms with E-state index >= 15 is 0 Å². The van der Waals surface area contributed by atoms with Crippen molar-refractivity contribution in [1.29, 1.82) is 0 Å². The number of likely N-dealkylation sites (tertiary alicyclic amines) is 1. The standard InChI is InChI=1S/C21H22FN3O3S/c1-14(26)23-18-12-15(8-9-17(18)22)24-21(28)16-6-2-3-7-19(16)29-13-20(27)25-10-4-5-11-25/h2-3,6-9,12H,4-5,10-11,13H2,1H3,(H,23,26)(H,24,28). The zero-order chi connectivity index (χ0) is 20.8. The van der Waals surface area contributed by atoms with E-state index in [9.17, 15) is 18.8 Å². The van der Waals surface area contributed by atoms with Crippen molar-refractivity contribution in [1.82, 2.24) is 4.90 Å². The van der Waals surface area contributed by atoms with Gasteiger partial charge < -0.3 is 15.5 Å². The second-order valence-electron chi connectivity index (χ2n) is 6.70. The Hall–Kier alpha value is -2.87. The van der Waals surface area contributed by atoms with Gasteiger partial charge in [0.15, 0.2) is 0 Å². The molecule has 2 aromatic rings. The van der Waals surface area contributed by atoms with Crippen LogP contribution in [-0.4, -0.2) is 41.5 Å². The number of nitrogens with one attached hydrogen (secondary N) is 2. The molecule has 0 bridgehead atoms. The van der Waals surface area contributed by atoms with E-state index in [4.69, 9.17) is 0 Å². The van der Waals surface area contributed by atoms with Crippen molar-refractivity contribution in [2.45, 2.75) is 24.7 Å². The highest BCUT2D eigenvalue weighted by molar-refractivity contribution is 8.00. The van der Waals surface area contributed by atoms with Gasteiger partial charge in [0.2, 0.25) is 11.8 Å². The maximum absolute atomic E-state index is 13.8. The molecule has 3 amide bonds. The van der Waals surface area contributed by atoms with Crippen molar-refractivity contribution in [2.75, 3.05) is 29.5 Å². The van der Waals surface area contributed by atoms with Gasteiger partial charge in [0.25, 0.3) is 5.91 Å². The topological polar surface area (TPSA) is 78.5 Å². The Balaban J connectivity index is 1.69. The summed E-state index contributed by atoms with van der Waals surface area (Å²) in [6.45, 7) is 2.87. The monoisotopic (exact) mass is 415 g/mol. The van der Waals surface area contributed by atoms with Crippen molar-refractivity contribution in [3.63, 3.8) is 0 Å². The minimum atomic E-state index is -0.588. The van der Waals surface area contributed by atoms with Crippen molar-refractivity contribution in [3.8, 4) is 0 Å². The van der Waals surface area contributed by atoms with Crippen LogP contribution in [0.15, 0.2) is 47.4 Å². The average molecular weight is 415 g/mol. The van der Waals surface area contributed by atoms with Crippen LogP contribution in [0.5, 0.6) is 0 Å². The molecule has 1 fully saturated rings. The number of hydrogen-bond donors (Lipinski definition) is 2. The number of nitrogens with zero attached hydrogens (tertiary/aromatic N) is 1. The number of benzene rings is 2. The Kier molecular flexibility index (Phi) is 6.87. The van der Waals surface area contributed by atoms with Gasteiger partial charge in [0.1, 0.15) is 5.82 Å². The lowest BCUT2D eigenvalue weighted by Gasteiger charge is -2.15. The van der Waals surface area contributed by atoms with Gasteiger partial charge in [-0.2, -0.15) is 0 Å². The molecular weight excluding hydrogens is 393 g/mol. The number of anilines is 2. The molecule has 152 valence electrons. The van der Waals surface area contributed by atoms with Crippen molar-refractivity contribution >= 4 is 40.9 Å². The van der Waals surface area contributed by atoms with E-state index in [0.717, 1.165) is 25.9 Å². The third kappa shape index (κ3) is 5.57. The van der Waals surface area contributed by atoms with Gasteiger partial charge in [-0.3, -0.25) is 14.4 Å². The number of carbonyl (C=O) groups excluding carboxylic acids is 3. The van der Waals surface area contributed by atoms with E-state index in [1.165, 1.54) is 36.9 Å². The summed E-state index contributed by atoms with van der Waals surface area (Å²) in [6.07, 6.45) is 2.07. The molecule has 3 rings (SSSR count). The lowest BCUT2D eigenvalue weighted by atomic mass is 10.2. The predicted molar refractivity (Wildman–Crippen MR) is 112 cm³/mol. The maximum atomic E-state index is 13.8. The molecule has 0 spiro atoms. The number of thioether (sulfide) groups is 1. The minimum absolute atomic E-state index is 0.00540. The van der Waals surface area contributed by atoms with Crippen molar-refractivity contribution in [3.05, 3.63) is 53.8 Å². The quantitative estimate of drug-likeness (QED) is 0.705. The lowest BCUT2D eigenvalue weighted by molar-refractivity contribution is -0.127. The molecule has 1 saturated heterocycles. The van der Waals surface area contributed by atoms with Crippen molar-refractivity contribution in [2.24, 2.45) is 0 Å². The van der Waals surface area contributed by atoms with E-state index in [1.54, 1.807) is 18.2 Å². The van der Waals surface area contributed by atoms with Crippen LogP contribution in [0.2, 0.25) is 0 Å². The van der Waals surface area contributed by atoms with Crippen LogP contribution in [0.25, 0.3) is 0 Å². The molecule has 1 aliphatic rings. The van der Waals surface area contributed by atoms with Gasteiger partial charge in [0, 0.05) is 30.6 Å². The van der Waals surface area contributed by atoms with Gasteiger partial charge in [-0.05, 0) is 43.2 Å². The SMILES string of the molecule is CC(=O)Nc1cc(NC(=O)c2ccccc2SCC(=O)N2CCCC2)ccc1F. The molecule has 1 heterocycles. The molecule has 1 aliphatic heterocycles. The van der Waals surface area contributed by atoms with Gasteiger partial charge in [-0.1, -0.05) is 12.1 Å². The Morgan fingerprint density at radius 1 is 1.07 bits per heavy atom. The minimum Gasteiger partial charge on any atom is -0.342 e. The van der Waals surface area contributed by atoms with E-state index < -0.39 is 11.7 Å². The first-order valence-electron chi connectivity index (χ1n) is 9.32. The third-order valence-electron chi connectivity index (χ3n) is 4.48. The molecular formula is C21H22FN3O3S. The van der Waals surface area contributed by atoms with Gasteiger partial charge >= 0.3 is 0 Å². The summed E-state index contributed by atoms with van der Waals surface area (Å²) in [5.74, 6) is -1.03. The Bertz CT molecular complexity index is 929. The molecule has 0 atom stereocenters. The fourth-order valence-corrected chi connectivity index (χ4v) is 4.02. The highest BCUT2D eigenvalue weighted by Gasteiger charge is 2.19. The van der Waals surface area contributed by atoms with Crippen molar-refractivity contribution < 1.29 is 18.8 Å². The number of rotatable bonds is 6. The second-order valence-corrected chi connectivity index (χ2v) is 7.72. The smallest absolute Gasteiger partial charge is 0.256 e. The summed E-state index contributed by atoms with van der Waals surface area (Å²) in [7, 11) is 0. The molecule has 0 radical (unpaired) electrons. The van der Waals surface area contributed by atoms with Gasteiger partial charge in [-0.25, -0.2) is 4.39 Å². The van der Waals surface area contributed by atoms with E-state index in [-0.39, 0.29) is 23.3 Å². The molecule has 2 aromatic carbocycles. The summed E-state index contributed by atoms with van der Waals surface area (Å²) in [5.41, 5.74) is 0.777. The molecule has 2 N–H and O–H groups in total. The highest BCUT2D eigenvalue weighted by atomic mass is 32.2. The van der Waals surface area contributed by atoms with E-state index in [2.05, 4.69) is 10.6 Å².